The highest BCUT2D eigenvalue weighted by Gasteiger charge is 2.29. The first-order chi connectivity index (χ1) is 8.24. The van der Waals surface area contributed by atoms with Crippen LogP contribution in [0.5, 0.6) is 0 Å². The molecular weight excluding hydrogens is 212 g/mol. The van der Waals surface area contributed by atoms with Crippen LogP contribution in [0, 0.1) is 6.92 Å². The van der Waals surface area contributed by atoms with Crippen LogP contribution < -0.4 is 0 Å². The molecule has 0 aromatic carbocycles. The van der Waals surface area contributed by atoms with Crippen molar-refractivity contribution in [2.24, 2.45) is 0 Å². The third kappa shape index (κ3) is 7.77. The maximum atomic E-state index is 6.05. The van der Waals surface area contributed by atoms with E-state index >= 15 is 0 Å². The van der Waals surface area contributed by atoms with Crippen molar-refractivity contribution < 1.29 is 9.47 Å². The summed E-state index contributed by atoms with van der Waals surface area (Å²) in [4.78, 5) is 0. The second kappa shape index (κ2) is 11.0. The maximum Gasteiger partial charge on any atom is 0.168 e. The van der Waals surface area contributed by atoms with Crippen LogP contribution in [0.15, 0.2) is 0 Å². The topological polar surface area (TPSA) is 18.5 Å². The minimum Gasteiger partial charge on any atom is -0.350 e. The number of hydrogen-bond donors (Lipinski definition) is 0. The fourth-order valence-electron chi connectivity index (χ4n) is 1.86. The van der Waals surface area contributed by atoms with Gasteiger partial charge in [-0.05, 0) is 25.7 Å². The molecule has 1 unspecified atom stereocenters. The molecule has 0 saturated heterocycles. The van der Waals surface area contributed by atoms with Crippen LogP contribution in [0.2, 0.25) is 0 Å². The Labute approximate surface area is 108 Å². The summed E-state index contributed by atoms with van der Waals surface area (Å²) >= 11 is 0. The summed E-state index contributed by atoms with van der Waals surface area (Å²) in [6.45, 7) is 12.1. The van der Waals surface area contributed by atoms with Crippen LogP contribution in [-0.2, 0) is 9.47 Å². The summed E-state index contributed by atoms with van der Waals surface area (Å²) in [5.41, 5.74) is 0. The lowest BCUT2D eigenvalue weighted by Crippen LogP contribution is -2.36. The lowest BCUT2D eigenvalue weighted by atomic mass is 10.0. The average molecular weight is 243 g/mol. The van der Waals surface area contributed by atoms with Gasteiger partial charge in [0.15, 0.2) is 5.79 Å². The van der Waals surface area contributed by atoms with E-state index in [1.807, 2.05) is 0 Å². The van der Waals surface area contributed by atoms with Gasteiger partial charge >= 0.3 is 0 Å². The molecule has 0 rings (SSSR count). The zero-order valence-electron chi connectivity index (χ0n) is 12.1. The van der Waals surface area contributed by atoms with Crippen LogP contribution in [-0.4, -0.2) is 19.0 Å². The fourth-order valence-corrected chi connectivity index (χ4v) is 1.86. The summed E-state index contributed by atoms with van der Waals surface area (Å²) in [6, 6.07) is 0. The highest BCUT2D eigenvalue weighted by Crippen LogP contribution is 2.27. The third-order valence-corrected chi connectivity index (χ3v) is 2.90. The Kier molecular flexibility index (Phi) is 11.0. The van der Waals surface area contributed by atoms with E-state index in [0.29, 0.717) is 0 Å². The third-order valence-electron chi connectivity index (χ3n) is 2.90. The predicted molar refractivity (Wildman–Crippen MR) is 74.0 cm³/mol. The fraction of sp³-hybridized carbons (Fsp3) is 0.933. The molecule has 2 heteroatoms. The van der Waals surface area contributed by atoms with Gasteiger partial charge < -0.3 is 9.47 Å². The normalized spacial score (nSPS) is 14.8. The van der Waals surface area contributed by atoms with Crippen LogP contribution >= 0.6 is 0 Å². The van der Waals surface area contributed by atoms with Crippen molar-refractivity contribution in [3.05, 3.63) is 6.92 Å². The van der Waals surface area contributed by atoms with Crippen LogP contribution in [0.3, 0.4) is 0 Å². The van der Waals surface area contributed by atoms with E-state index in [9.17, 15) is 0 Å². The minimum atomic E-state index is -0.358. The molecule has 103 valence electrons. The SMILES string of the molecule is [CH2]CCC(CCCC)(OCCC)OCCCC. The van der Waals surface area contributed by atoms with Crippen LogP contribution in [0.25, 0.3) is 0 Å². The molecule has 0 aliphatic rings. The molecule has 17 heavy (non-hydrogen) atoms. The lowest BCUT2D eigenvalue weighted by Gasteiger charge is -2.34. The molecule has 0 saturated carbocycles. The largest absolute Gasteiger partial charge is 0.350 e. The van der Waals surface area contributed by atoms with Crippen molar-refractivity contribution in [2.75, 3.05) is 13.2 Å². The molecule has 0 amide bonds. The standard InChI is InChI=1S/C15H31O2/c1-5-9-12-15(11-7-3,16-13-8-4)17-14-10-6-2/h3,5-14H2,1-2,4H3. The molecule has 0 heterocycles. The van der Waals surface area contributed by atoms with E-state index < -0.39 is 0 Å². The average Bonchev–Trinajstić information content (AvgIpc) is 2.34. The Hall–Kier alpha value is -0.0800. The van der Waals surface area contributed by atoms with Crippen molar-refractivity contribution in [1.82, 2.24) is 0 Å². The molecule has 0 bridgehead atoms. The zero-order chi connectivity index (χ0) is 13.0. The number of unbranched alkanes of at least 4 members (excludes halogenated alkanes) is 2. The monoisotopic (exact) mass is 243 g/mol. The quantitative estimate of drug-likeness (QED) is 0.364. The lowest BCUT2D eigenvalue weighted by molar-refractivity contribution is -0.245. The van der Waals surface area contributed by atoms with Gasteiger partial charge in [-0.15, -0.1) is 0 Å². The van der Waals surface area contributed by atoms with Crippen molar-refractivity contribution in [2.45, 2.75) is 77.9 Å². The van der Waals surface area contributed by atoms with E-state index in [1.54, 1.807) is 0 Å². The molecule has 2 nitrogen and oxygen atoms in total. The van der Waals surface area contributed by atoms with Gasteiger partial charge in [0.2, 0.25) is 0 Å². The summed E-state index contributed by atoms with van der Waals surface area (Å²) < 4.78 is 12.1. The van der Waals surface area contributed by atoms with Crippen molar-refractivity contribution in [3.8, 4) is 0 Å². The molecule has 0 aromatic rings. The highest BCUT2D eigenvalue weighted by atomic mass is 16.7. The molecule has 0 spiro atoms. The summed E-state index contributed by atoms with van der Waals surface area (Å²) in [6.07, 6.45) is 8.46. The summed E-state index contributed by atoms with van der Waals surface area (Å²) in [5.74, 6) is -0.358. The van der Waals surface area contributed by atoms with Gasteiger partial charge in [-0.3, -0.25) is 0 Å². The van der Waals surface area contributed by atoms with Gasteiger partial charge in [0.05, 0.1) is 6.61 Å². The Morgan fingerprint density at radius 3 is 2.00 bits per heavy atom. The highest BCUT2D eigenvalue weighted by molar-refractivity contribution is 4.71. The Balaban J connectivity index is 4.32. The first-order valence-electron chi connectivity index (χ1n) is 7.31. The first-order valence-corrected chi connectivity index (χ1v) is 7.31. The van der Waals surface area contributed by atoms with Gasteiger partial charge in [0, 0.05) is 19.4 Å². The maximum absolute atomic E-state index is 6.05. The summed E-state index contributed by atoms with van der Waals surface area (Å²) in [5, 5.41) is 0. The molecule has 0 aliphatic heterocycles. The van der Waals surface area contributed by atoms with Crippen molar-refractivity contribution in [3.63, 3.8) is 0 Å². The Morgan fingerprint density at radius 1 is 0.824 bits per heavy atom. The zero-order valence-corrected chi connectivity index (χ0v) is 12.1. The van der Waals surface area contributed by atoms with E-state index in [0.717, 1.165) is 51.7 Å². The van der Waals surface area contributed by atoms with Gasteiger partial charge in [-0.2, -0.15) is 0 Å². The molecule has 0 aliphatic carbocycles. The molecule has 0 fully saturated rings. The van der Waals surface area contributed by atoms with E-state index in [1.165, 1.54) is 12.8 Å². The molecule has 0 N–H and O–H groups in total. The van der Waals surface area contributed by atoms with Gasteiger partial charge in [-0.25, -0.2) is 0 Å². The van der Waals surface area contributed by atoms with Gasteiger partial charge in [0.1, 0.15) is 0 Å². The Bertz CT molecular complexity index is 149. The minimum absolute atomic E-state index is 0.358. The second-order valence-electron chi connectivity index (χ2n) is 4.67. The molecular formula is C15H31O2. The summed E-state index contributed by atoms with van der Waals surface area (Å²) in [7, 11) is 0. The molecule has 1 atom stereocenters. The van der Waals surface area contributed by atoms with Crippen LogP contribution in [0.1, 0.15) is 72.1 Å². The number of hydrogen-bond acceptors (Lipinski definition) is 2. The van der Waals surface area contributed by atoms with E-state index in [-0.39, 0.29) is 5.79 Å². The van der Waals surface area contributed by atoms with Gasteiger partial charge in [0.25, 0.3) is 0 Å². The van der Waals surface area contributed by atoms with Crippen molar-refractivity contribution >= 4 is 0 Å². The smallest absolute Gasteiger partial charge is 0.168 e. The predicted octanol–water partition coefficient (Wildman–Crippen LogP) is 4.73. The number of ether oxygens (including phenoxy) is 2. The van der Waals surface area contributed by atoms with Crippen molar-refractivity contribution in [1.29, 1.82) is 0 Å². The Morgan fingerprint density at radius 2 is 1.47 bits per heavy atom. The second-order valence-corrected chi connectivity index (χ2v) is 4.67. The van der Waals surface area contributed by atoms with E-state index in [4.69, 9.17) is 9.47 Å². The van der Waals surface area contributed by atoms with Gasteiger partial charge in [-0.1, -0.05) is 40.5 Å². The molecule has 1 radical (unpaired) electrons. The van der Waals surface area contributed by atoms with E-state index in [2.05, 4.69) is 27.7 Å². The molecule has 0 aromatic heterocycles. The number of rotatable bonds is 12. The first kappa shape index (κ1) is 16.9. The van der Waals surface area contributed by atoms with Crippen LogP contribution in [0.4, 0.5) is 0 Å².